The minimum Gasteiger partial charge on any atom is -0.481 e. The fourth-order valence-corrected chi connectivity index (χ4v) is 3.46. The maximum absolute atomic E-state index is 11.9. The number of fused-ring (bicyclic) bond motifs is 1. The largest absolute Gasteiger partial charge is 0.481 e. The van der Waals surface area contributed by atoms with Gasteiger partial charge in [-0.25, -0.2) is 4.98 Å². The number of amides is 1. The Morgan fingerprint density at radius 3 is 2.74 bits per heavy atom. The number of rotatable bonds is 6. The lowest BCUT2D eigenvalue weighted by Gasteiger charge is -2.41. The first-order valence-electron chi connectivity index (χ1n) is 8.61. The quantitative estimate of drug-likeness (QED) is 0.759. The molecule has 2 heterocycles. The van der Waals surface area contributed by atoms with Gasteiger partial charge in [0.15, 0.2) is 17.6 Å². The van der Waals surface area contributed by atoms with Crippen molar-refractivity contribution in [2.75, 3.05) is 13.7 Å². The average molecular weight is 370 g/mol. The van der Waals surface area contributed by atoms with Crippen LogP contribution in [0.25, 0.3) is 0 Å². The molecule has 0 fully saturated rings. The molecule has 1 aliphatic heterocycles. The zero-order valence-corrected chi connectivity index (χ0v) is 15.7. The second-order valence-corrected chi connectivity index (χ2v) is 7.30. The molecule has 2 aromatic rings. The van der Waals surface area contributed by atoms with Crippen molar-refractivity contribution in [1.29, 1.82) is 0 Å². The first-order chi connectivity index (χ1) is 12.7. The lowest BCUT2D eigenvalue weighted by molar-refractivity contribution is -0.116. The number of primary amides is 1. The van der Waals surface area contributed by atoms with Crippen molar-refractivity contribution in [2.24, 2.45) is 5.73 Å². The van der Waals surface area contributed by atoms with Crippen LogP contribution in [0.15, 0.2) is 54.6 Å². The Morgan fingerprint density at radius 2 is 2.07 bits per heavy atom. The molecular weight excluding hydrogens is 346 g/mol. The number of ether oxygens (including phenoxy) is 2. The standard InChI is InChI=1S/C20H23N3O4/c1-20(2,25)13-23(11-14-8-9-22-18(10-14)26-3)12-17(19(21)24)27-16-7-5-4-6-15(16)23/h4-10,12,25H,11,13H2,1-3H3,(H-,21,24)/p+1. The second kappa shape index (κ2) is 7.02. The fraction of sp³-hybridized carbons (Fsp3) is 0.300. The van der Waals surface area contributed by atoms with Gasteiger partial charge in [-0.2, -0.15) is 0 Å². The molecule has 142 valence electrons. The van der Waals surface area contributed by atoms with Crippen LogP contribution in [0.4, 0.5) is 5.69 Å². The summed E-state index contributed by atoms with van der Waals surface area (Å²) in [5.41, 5.74) is 6.27. The van der Waals surface area contributed by atoms with E-state index in [4.69, 9.17) is 15.2 Å². The number of hydrogen-bond acceptors (Lipinski definition) is 5. The van der Waals surface area contributed by atoms with Crippen LogP contribution >= 0.6 is 0 Å². The van der Waals surface area contributed by atoms with Gasteiger partial charge in [0.25, 0.3) is 5.91 Å². The van der Waals surface area contributed by atoms with E-state index in [1.807, 2.05) is 30.3 Å². The predicted octanol–water partition coefficient (Wildman–Crippen LogP) is 2.09. The molecule has 0 radical (unpaired) electrons. The highest BCUT2D eigenvalue weighted by atomic mass is 16.5. The number of hydrogen-bond donors (Lipinski definition) is 2. The van der Waals surface area contributed by atoms with Gasteiger partial charge < -0.3 is 20.3 Å². The lowest BCUT2D eigenvalue weighted by Crippen LogP contribution is -2.54. The van der Waals surface area contributed by atoms with Gasteiger partial charge in [0, 0.05) is 23.9 Å². The van der Waals surface area contributed by atoms with Crippen molar-refractivity contribution < 1.29 is 19.4 Å². The molecule has 0 bridgehead atoms. The maximum Gasteiger partial charge on any atom is 0.290 e. The smallest absolute Gasteiger partial charge is 0.290 e. The molecule has 1 amide bonds. The number of para-hydroxylation sites is 2. The average Bonchev–Trinajstić information content (AvgIpc) is 2.60. The molecule has 0 saturated carbocycles. The minimum atomic E-state index is -1.01. The third-order valence-corrected chi connectivity index (χ3v) is 4.31. The van der Waals surface area contributed by atoms with E-state index >= 15 is 0 Å². The number of quaternary nitrogens is 1. The van der Waals surface area contributed by atoms with Gasteiger partial charge in [-0.05, 0) is 26.0 Å². The third kappa shape index (κ3) is 4.10. The van der Waals surface area contributed by atoms with Crippen molar-refractivity contribution in [2.45, 2.75) is 26.0 Å². The summed E-state index contributed by atoms with van der Waals surface area (Å²) in [4.78, 5) is 16.0. The molecule has 3 rings (SSSR count). The van der Waals surface area contributed by atoms with Gasteiger partial charge in [-0.15, -0.1) is 0 Å². The number of methoxy groups -OCH3 is 1. The number of carbonyl (C=O) groups excluding carboxylic acids is 1. The zero-order valence-electron chi connectivity index (χ0n) is 15.7. The highest BCUT2D eigenvalue weighted by molar-refractivity contribution is 5.91. The van der Waals surface area contributed by atoms with Crippen molar-refractivity contribution in [3.05, 3.63) is 60.1 Å². The summed E-state index contributed by atoms with van der Waals surface area (Å²) in [6.07, 6.45) is 3.34. The zero-order chi connectivity index (χ0) is 19.7. The van der Waals surface area contributed by atoms with Crippen LogP contribution in [0.1, 0.15) is 19.4 Å². The molecular formula is C20H24N3O4+. The number of benzene rings is 1. The van der Waals surface area contributed by atoms with E-state index in [9.17, 15) is 9.90 Å². The normalized spacial score (nSPS) is 18.9. The summed E-state index contributed by atoms with van der Waals surface area (Å²) in [7, 11) is 1.56. The summed E-state index contributed by atoms with van der Waals surface area (Å²) in [5.74, 6) is 0.433. The minimum absolute atomic E-state index is 0.0546. The Hall–Kier alpha value is -2.90. The summed E-state index contributed by atoms with van der Waals surface area (Å²) in [5, 5.41) is 10.6. The van der Waals surface area contributed by atoms with E-state index < -0.39 is 11.5 Å². The Bertz CT molecular complexity index is 889. The number of nitrogens with two attached hydrogens (primary N) is 1. The van der Waals surface area contributed by atoms with E-state index in [1.165, 1.54) is 0 Å². The molecule has 3 N–H and O–H groups in total. The first-order valence-corrected chi connectivity index (χ1v) is 8.61. The van der Waals surface area contributed by atoms with E-state index in [1.54, 1.807) is 39.4 Å². The molecule has 0 aliphatic carbocycles. The molecule has 27 heavy (non-hydrogen) atoms. The topological polar surface area (TPSA) is 94.7 Å². The summed E-state index contributed by atoms with van der Waals surface area (Å²) >= 11 is 0. The van der Waals surface area contributed by atoms with Crippen LogP contribution in [0.3, 0.4) is 0 Å². The summed E-state index contributed by atoms with van der Waals surface area (Å²) < 4.78 is 11.1. The maximum atomic E-state index is 11.9. The van der Waals surface area contributed by atoms with Crippen LogP contribution < -0.4 is 19.7 Å². The summed E-state index contributed by atoms with van der Waals surface area (Å²) in [6, 6.07) is 11.2. The van der Waals surface area contributed by atoms with Crippen LogP contribution in [-0.2, 0) is 11.3 Å². The molecule has 0 saturated heterocycles. The van der Waals surface area contributed by atoms with E-state index in [-0.39, 0.29) is 10.2 Å². The number of pyridine rings is 1. The second-order valence-electron chi connectivity index (χ2n) is 7.30. The van der Waals surface area contributed by atoms with Crippen LogP contribution in [0, 0.1) is 0 Å². The van der Waals surface area contributed by atoms with Gasteiger partial charge in [0.05, 0.1) is 7.11 Å². The van der Waals surface area contributed by atoms with E-state index in [0.717, 1.165) is 11.3 Å². The van der Waals surface area contributed by atoms with Crippen molar-refractivity contribution in [3.8, 4) is 11.6 Å². The monoisotopic (exact) mass is 370 g/mol. The molecule has 0 spiro atoms. The number of carbonyl (C=O) groups is 1. The number of aromatic nitrogens is 1. The van der Waals surface area contributed by atoms with Gasteiger partial charge in [0.2, 0.25) is 11.6 Å². The summed E-state index contributed by atoms with van der Waals surface area (Å²) in [6.45, 7) is 4.24. The molecule has 1 aliphatic rings. The molecule has 7 nitrogen and oxygen atoms in total. The van der Waals surface area contributed by atoms with Gasteiger partial charge in [0.1, 0.15) is 18.7 Å². The fourth-order valence-electron chi connectivity index (χ4n) is 3.46. The van der Waals surface area contributed by atoms with Crippen LogP contribution in [-0.4, -0.2) is 35.3 Å². The lowest BCUT2D eigenvalue weighted by atomic mass is 10.0. The number of aliphatic hydroxyl groups is 1. The highest BCUT2D eigenvalue weighted by Gasteiger charge is 2.42. The number of nitrogens with zero attached hydrogens (tertiary/aromatic N) is 2. The molecule has 7 heteroatoms. The van der Waals surface area contributed by atoms with Gasteiger partial charge >= 0.3 is 0 Å². The van der Waals surface area contributed by atoms with Crippen molar-refractivity contribution in [3.63, 3.8) is 0 Å². The van der Waals surface area contributed by atoms with Crippen LogP contribution in [0.2, 0.25) is 0 Å². The first kappa shape index (κ1) is 18.9. The van der Waals surface area contributed by atoms with Gasteiger partial charge in [-0.1, -0.05) is 12.1 Å². The highest BCUT2D eigenvalue weighted by Crippen LogP contribution is 2.42. The molecule has 1 aromatic carbocycles. The molecule has 1 atom stereocenters. The van der Waals surface area contributed by atoms with E-state index in [0.29, 0.717) is 24.7 Å². The van der Waals surface area contributed by atoms with Crippen LogP contribution in [0.5, 0.6) is 11.6 Å². The van der Waals surface area contributed by atoms with Crippen molar-refractivity contribution >= 4 is 11.6 Å². The van der Waals surface area contributed by atoms with Gasteiger partial charge in [-0.3, -0.25) is 9.28 Å². The van der Waals surface area contributed by atoms with E-state index in [2.05, 4.69) is 4.98 Å². The Balaban J connectivity index is 2.18. The SMILES string of the molecule is COc1cc(C[N+]2(CC(C)(C)O)C=C(C(N)=O)Oc3ccccc32)ccn1. The Labute approximate surface area is 158 Å². The Kier molecular flexibility index (Phi) is 4.91. The molecule has 1 aromatic heterocycles. The predicted molar refractivity (Wildman–Crippen MR) is 102 cm³/mol. The third-order valence-electron chi connectivity index (χ3n) is 4.31. The molecule has 1 unspecified atom stereocenters. The van der Waals surface area contributed by atoms with Crippen molar-refractivity contribution in [1.82, 2.24) is 9.47 Å². The Morgan fingerprint density at radius 1 is 1.33 bits per heavy atom.